The first-order chi connectivity index (χ1) is 13.7. The summed E-state index contributed by atoms with van der Waals surface area (Å²) in [5.41, 5.74) is 3.58. The standard InChI is InChI=1S/C21H22N6O/c28-20-10-18(27-6-5-22-13-27)3-4-19(20)21-24-12-17(25-26-21)9-15-7-14-1-2-16(8-15)23-11-14/h3-6,9-10,12-14,16,23,28H,1-2,7-8,11H2/b15-9-/t14-,16?/m0/s1. The van der Waals surface area contributed by atoms with Gasteiger partial charge in [-0.25, -0.2) is 9.97 Å². The van der Waals surface area contributed by atoms with Crippen LogP contribution in [0.15, 0.2) is 48.7 Å². The Bertz CT molecular complexity index is 972. The van der Waals surface area contributed by atoms with Crippen LogP contribution in [0.3, 0.4) is 0 Å². The molecule has 1 aliphatic carbocycles. The van der Waals surface area contributed by atoms with Crippen molar-refractivity contribution >= 4 is 6.08 Å². The average Bonchev–Trinajstić information content (AvgIpc) is 3.10. The number of benzene rings is 1. The summed E-state index contributed by atoms with van der Waals surface area (Å²) in [6, 6.07) is 5.96. The zero-order valence-electron chi connectivity index (χ0n) is 15.5. The summed E-state index contributed by atoms with van der Waals surface area (Å²) < 4.78 is 1.83. The van der Waals surface area contributed by atoms with Gasteiger partial charge in [-0.15, -0.1) is 10.2 Å². The largest absolute Gasteiger partial charge is 0.507 e. The Hall–Kier alpha value is -3.06. The number of nitrogens with zero attached hydrogens (tertiary/aromatic N) is 5. The highest BCUT2D eigenvalue weighted by Crippen LogP contribution is 2.32. The van der Waals surface area contributed by atoms with Gasteiger partial charge in [0.2, 0.25) is 0 Å². The molecule has 1 saturated carbocycles. The zero-order valence-corrected chi connectivity index (χ0v) is 15.5. The minimum Gasteiger partial charge on any atom is -0.507 e. The van der Waals surface area contributed by atoms with Gasteiger partial charge in [-0.1, -0.05) is 5.57 Å². The van der Waals surface area contributed by atoms with Gasteiger partial charge >= 0.3 is 0 Å². The maximum atomic E-state index is 10.4. The number of rotatable bonds is 3. The van der Waals surface area contributed by atoms with Crippen molar-refractivity contribution in [3.05, 3.63) is 54.4 Å². The van der Waals surface area contributed by atoms with E-state index in [1.807, 2.05) is 16.8 Å². The summed E-state index contributed by atoms with van der Waals surface area (Å²) in [4.78, 5) is 8.45. The molecule has 2 saturated heterocycles. The topological polar surface area (TPSA) is 88.8 Å². The Morgan fingerprint density at radius 3 is 2.86 bits per heavy atom. The maximum Gasteiger partial charge on any atom is 0.185 e. The molecule has 4 heterocycles. The van der Waals surface area contributed by atoms with Crippen molar-refractivity contribution in [2.24, 2.45) is 5.92 Å². The fourth-order valence-corrected chi connectivity index (χ4v) is 4.18. The van der Waals surface area contributed by atoms with Crippen LogP contribution in [0.4, 0.5) is 0 Å². The first-order valence-corrected chi connectivity index (χ1v) is 9.69. The quantitative estimate of drug-likeness (QED) is 0.733. The summed E-state index contributed by atoms with van der Waals surface area (Å²) >= 11 is 0. The number of aromatic nitrogens is 5. The number of hydrogen-bond donors (Lipinski definition) is 2. The number of phenolic OH excluding ortho intramolecular Hbond substituents is 1. The maximum absolute atomic E-state index is 10.4. The Balaban J connectivity index is 1.37. The van der Waals surface area contributed by atoms with Gasteiger partial charge in [0, 0.05) is 24.5 Å². The van der Waals surface area contributed by atoms with E-state index in [2.05, 4.69) is 31.6 Å². The van der Waals surface area contributed by atoms with Crippen LogP contribution in [0, 0.1) is 5.92 Å². The molecule has 1 aromatic carbocycles. The Morgan fingerprint density at radius 1 is 1.18 bits per heavy atom. The predicted octanol–water partition coefficient (Wildman–Crippen LogP) is 2.98. The first-order valence-electron chi connectivity index (χ1n) is 9.69. The first kappa shape index (κ1) is 17.1. The SMILES string of the molecule is Oc1cc(-n2ccnc2)ccc1-c1ncc(/C=C2\CC3CC[C@H](CN3)C2)nn1. The van der Waals surface area contributed by atoms with Gasteiger partial charge in [0.05, 0.1) is 23.8 Å². The van der Waals surface area contributed by atoms with Crippen LogP contribution in [-0.4, -0.2) is 42.4 Å². The summed E-state index contributed by atoms with van der Waals surface area (Å²) in [6.45, 7) is 1.12. The number of phenols is 1. The van der Waals surface area contributed by atoms with Gasteiger partial charge in [-0.05, 0) is 56.4 Å². The van der Waals surface area contributed by atoms with E-state index in [1.165, 1.54) is 18.4 Å². The highest BCUT2D eigenvalue weighted by Gasteiger charge is 2.26. The van der Waals surface area contributed by atoms with E-state index in [1.54, 1.807) is 30.9 Å². The van der Waals surface area contributed by atoms with E-state index in [9.17, 15) is 5.11 Å². The van der Waals surface area contributed by atoms with E-state index in [0.717, 1.165) is 36.7 Å². The molecular weight excluding hydrogens is 352 g/mol. The van der Waals surface area contributed by atoms with E-state index in [-0.39, 0.29) is 5.75 Å². The van der Waals surface area contributed by atoms with Crippen molar-refractivity contribution in [2.75, 3.05) is 6.54 Å². The number of imidazole rings is 1. The number of piperidine rings is 1. The summed E-state index contributed by atoms with van der Waals surface area (Å²) in [5.74, 6) is 1.26. The van der Waals surface area contributed by atoms with Crippen molar-refractivity contribution < 1.29 is 5.11 Å². The molecule has 7 heteroatoms. The predicted molar refractivity (Wildman–Crippen MR) is 106 cm³/mol. The second-order valence-corrected chi connectivity index (χ2v) is 7.64. The molecule has 2 atom stereocenters. The molecule has 3 aromatic rings. The van der Waals surface area contributed by atoms with E-state index in [0.29, 0.717) is 17.4 Å². The minimum atomic E-state index is 0.116. The van der Waals surface area contributed by atoms with Gasteiger partial charge in [-0.2, -0.15) is 0 Å². The lowest BCUT2D eigenvalue weighted by Crippen LogP contribution is -2.35. The molecule has 142 valence electrons. The molecule has 0 radical (unpaired) electrons. The number of fused-ring (bicyclic) bond motifs is 4. The monoisotopic (exact) mass is 374 g/mol. The summed E-state index contributed by atoms with van der Waals surface area (Å²) in [7, 11) is 0. The van der Waals surface area contributed by atoms with Crippen molar-refractivity contribution in [1.29, 1.82) is 0 Å². The summed E-state index contributed by atoms with van der Waals surface area (Å²) in [6.07, 6.45) is 13.9. The third-order valence-electron chi connectivity index (χ3n) is 5.63. The number of aromatic hydroxyl groups is 1. The van der Waals surface area contributed by atoms with Crippen LogP contribution in [0.1, 0.15) is 31.4 Å². The second kappa shape index (κ2) is 7.16. The molecule has 3 fully saturated rings. The van der Waals surface area contributed by atoms with Gasteiger partial charge in [0.1, 0.15) is 11.4 Å². The van der Waals surface area contributed by atoms with Gasteiger partial charge in [-0.3, -0.25) is 0 Å². The molecule has 2 N–H and O–H groups in total. The molecule has 3 aliphatic rings. The molecular formula is C21H22N6O. The highest BCUT2D eigenvalue weighted by molar-refractivity contribution is 5.66. The molecule has 6 rings (SSSR count). The Kier molecular flexibility index (Phi) is 4.37. The van der Waals surface area contributed by atoms with Crippen LogP contribution >= 0.6 is 0 Å². The van der Waals surface area contributed by atoms with Crippen molar-refractivity contribution in [2.45, 2.75) is 31.7 Å². The van der Waals surface area contributed by atoms with Crippen molar-refractivity contribution in [3.8, 4) is 22.8 Å². The van der Waals surface area contributed by atoms with Crippen LogP contribution in [0.5, 0.6) is 5.75 Å². The third kappa shape index (κ3) is 3.41. The van der Waals surface area contributed by atoms with E-state index in [4.69, 9.17) is 0 Å². The van der Waals surface area contributed by atoms with Crippen molar-refractivity contribution in [3.63, 3.8) is 0 Å². The molecule has 7 nitrogen and oxygen atoms in total. The fourth-order valence-electron chi connectivity index (χ4n) is 4.18. The zero-order chi connectivity index (χ0) is 18.9. The third-order valence-corrected chi connectivity index (χ3v) is 5.63. The second-order valence-electron chi connectivity index (χ2n) is 7.64. The smallest absolute Gasteiger partial charge is 0.185 e. The molecule has 2 bridgehead atoms. The van der Waals surface area contributed by atoms with Crippen molar-refractivity contribution in [1.82, 2.24) is 30.0 Å². The van der Waals surface area contributed by atoms with E-state index >= 15 is 0 Å². The highest BCUT2D eigenvalue weighted by atomic mass is 16.3. The van der Waals surface area contributed by atoms with Crippen LogP contribution < -0.4 is 5.32 Å². The molecule has 0 spiro atoms. The lowest BCUT2D eigenvalue weighted by atomic mass is 9.96. The Morgan fingerprint density at radius 2 is 2.14 bits per heavy atom. The average molecular weight is 374 g/mol. The van der Waals surface area contributed by atoms with E-state index < -0.39 is 0 Å². The lowest BCUT2D eigenvalue weighted by Gasteiger charge is -2.23. The molecule has 2 aliphatic heterocycles. The van der Waals surface area contributed by atoms with Crippen LogP contribution in [-0.2, 0) is 0 Å². The number of hydrogen-bond acceptors (Lipinski definition) is 6. The van der Waals surface area contributed by atoms with Crippen LogP contribution in [0.25, 0.3) is 23.2 Å². The molecule has 0 amide bonds. The molecule has 1 unspecified atom stereocenters. The lowest BCUT2D eigenvalue weighted by molar-refractivity contribution is 0.342. The van der Waals surface area contributed by atoms with Crippen LogP contribution in [0.2, 0.25) is 0 Å². The minimum absolute atomic E-state index is 0.116. The molecule has 2 aromatic heterocycles. The molecule has 28 heavy (non-hydrogen) atoms. The number of nitrogens with one attached hydrogen (secondary N) is 1. The Labute approximate surface area is 163 Å². The fraction of sp³-hybridized carbons (Fsp3) is 0.333. The van der Waals surface area contributed by atoms with Gasteiger partial charge in [0.15, 0.2) is 5.82 Å². The summed E-state index contributed by atoms with van der Waals surface area (Å²) in [5, 5.41) is 22.6. The van der Waals surface area contributed by atoms with Gasteiger partial charge in [0.25, 0.3) is 0 Å². The van der Waals surface area contributed by atoms with Gasteiger partial charge < -0.3 is 15.0 Å². The normalized spacial score (nSPS) is 23.1.